The highest BCUT2D eigenvalue weighted by Gasteiger charge is 2.57. The van der Waals surface area contributed by atoms with E-state index in [1.807, 2.05) is 37.3 Å². The molecule has 0 spiro atoms. The molecule has 4 atom stereocenters. The van der Waals surface area contributed by atoms with Crippen molar-refractivity contribution in [1.82, 2.24) is 9.29 Å². The Morgan fingerprint density at radius 3 is 2.47 bits per heavy atom. The summed E-state index contributed by atoms with van der Waals surface area (Å²) in [5.74, 6) is -0.520. The average Bonchev–Trinajstić information content (AvgIpc) is 3.48. The highest BCUT2D eigenvalue weighted by atomic mass is 32.2. The van der Waals surface area contributed by atoms with Crippen molar-refractivity contribution in [1.29, 1.82) is 0 Å². The molecule has 3 heterocycles. The predicted octanol–water partition coefficient (Wildman–Crippen LogP) is 4.63. The van der Waals surface area contributed by atoms with Crippen molar-refractivity contribution < 1.29 is 27.4 Å². The zero-order chi connectivity index (χ0) is 27.2. The van der Waals surface area contributed by atoms with E-state index in [1.54, 1.807) is 32.9 Å². The van der Waals surface area contributed by atoms with Gasteiger partial charge in [-0.05, 0) is 76.9 Å². The van der Waals surface area contributed by atoms with Crippen molar-refractivity contribution in [2.45, 2.75) is 75.9 Å². The second-order valence-electron chi connectivity index (χ2n) is 11.1. The molecule has 2 fully saturated rings. The third-order valence-corrected chi connectivity index (χ3v) is 9.03. The van der Waals surface area contributed by atoms with Gasteiger partial charge in [0.05, 0.1) is 28.7 Å². The number of fused-ring (bicyclic) bond motifs is 3. The van der Waals surface area contributed by atoms with Gasteiger partial charge in [0.25, 0.3) is 0 Å². The Balaban J connectivity index is 1.32. The van der Waals surface area contributed by atoms with Crippen molar-refractivity contribution in [3.05, 3.63) is 65.9 Å². The molecule has 2 bridgehead atoms. The monoisotopic (exact) mass is 538 g/mol. The standard InChI is InChI=1S/C29H34N2O6S/c1-18-16-19(22-8-6-7-9-23(22)30-18)17-35-20-10-12-21(13-11-20)38(33,34)31(5)27-25-15-14-24(36-25)26(27)28(32)37-29(2,3)4/h6-13,16,24-27H,14-15,17H2,1-5H3. The fraction of sp³-hybridized carbons (Fsp3) is 0.448. The highest BCUT2D eigenvalue weighted by molar-refractivity contribution is 7.89. The Hall–Kier alpha value is -3.01. The van der Waals surface area contributed by atoms with E-state index >= 15 is 0 Å². The summed E-state index contributed by atoms with van der Waals surface area (Å²) in [6.07, 6.45) is 0.765. The second-order valence-corrected chi connectivity index (χ2v) is 13.1. The summed E-state index contributed by atoms with van der Waals surface area (Å²) in [5, 5.41) is 1.02. The van der Waals surface area contributed by atoms with E-state index in [0.717, 1.165) is 28.6 Å². The molecule has 202 valence electrons. The van der Waals surface area contributed by atoms with E-state index in [-0.39, 0.29) is 17.1 Å². The number of para-hydroxylation sites is 1. The third kappa shape index (κ3) is 5.15. The quantitative estimate of drug-likeness (QED) is 0.405. The van der Waals surface area contributed by atoms with Gasteiger partial charge < -0.3 is 14.2 Å². The maximum absolute atomic E-state index is 13.6. The van der Waals surface area contributed by atoms with E-state index in [1.165, 1.54) is 23.5 Å². The Morgan fingerprint density at radius 2 is 1.76 bits per heavy atom. The summed E-state index contributed by atoms with van der Waals surface area (Å²) in [6, 6.07) is 15.6. The number of likely N-dealkylation sites (N-methyl/N-ethyl adjacent to an activating group) is 1. The number of esters is 1. The first-order valence-corrected chi connectivity index (χ1v) is 14.3. The largest absolute Gasteiger partial charge is 0.489 e. The van der Waals surface area contributed by atoms with Crippen LogP contribution in [0, 0.1) is 12.8 Å². The number of aryl methyl sites for hydroxylation is 1. The number of carbonyl (C=O) groups is 1. The molecule has 0 N–H and O–H groups in total. The zero-order valence-electron chi connectivity index (χ0n) is 22.4. The van der Waals surface area contributed by atoms with Gasteiger partial charge in [0, 0.05) is 23.7 Å². The van der Waals surface area contributed by atoms with Gasteiger partial charge in [0.1, 0.15) is 23.9 Å². The van der Waals surface area contributed by atoms with Crippen LogP contribution in [0.15, 0.2) is 59.5 Å². The summed E-state index contributed by atoms with van der Waals surface area (Å²) in [7, 11) is -2.37. The van der Waals surface area contributed by atoms with Gasteiger partial charge in [0.15, 0.2) is 0 Å². The third-order valence-electron chi connectivity index (χ3n) is 7.16. The molecule has 9 heteroatoms. The molecule has 3 aromatic rings. The lowest BCUT2D eigenvalue weighted by molar-refractivity contribution is -0.163. The molecular weight excluding hydrogens is 504 g/mol. The molecule has 0 radical (unpaired) electrons. The lowest BCUT2D eigenvalue weighted by Crippen LogP contribution is -2.51. The lowest BCUT2D eigenvalue weighted by atomic mass is 9.84. The van der Waals surface area contributed by atoms with Crippen LogP contribution in [0.4, 0.5) is 0 Å². The van der Waals surface area contributed by atoms with Crippen LogP contribution in [0.1, 0.15) is 44.9 Å². The second kappa shape index (κ2) is 9.94. The molecule has 2 aliphatic heterocycles. The van der Waals surface area contributed by atoms with Gasteiger partial charge in [-0.15, -0.1) is 0 Å². The average molecular weight is 539 g/mol. The number of aromatic nitrogens is 1. The van der Waals surface area contributed by atoms with Crippen molar-refractivity contribution in [3.63, 3.8) is 0 Å². The van der Waals surface area contributed by atoms with Crippen LogP contribution in [-0.2, 0) is 30.9 Å². The summed E-state index contributed by atoms with van der Waals surface area (Å²) < 4.78 is 46.1. The van der Waals surface area contributed by atoms with E-state index in [9.17, 15) is 13.2 Å². The fourth-order valence-corrected chi connectivity index (χ4v) is 6.89. The van der Waals surface area contributed by atoms with Crippen LogP contribution in [-0.4, -0.2) is 54.6 Å². The molecular formula is C29H34N2O6S. The zero-order valence-corrected chi connectivity index (χ0v) is 23.2. The number of hydrogen-bond acceptors (Lipinski definition) is 7. The number of sulfonamides is 1. The van der Waals surface area contributed by atoms with Crippen LogP contribution in [0.25, 0.3) is 10.9 Å². The van der Waals surface area contributed by atoms with Crippen LogP contribution in [0.2, 0.25) is 0 Å². The predicted molar refractivity (Wildman–Crippen MR) is 143 cm³/mol. The topological polar surface area (TPSA) is 95.0 Å². The number of benzene rings is 2. The van der Waals surface area contributed by atoms with Gasteiger partial charge in [-0.1, -0.05) is 18.2 Å². The van der Waals surface area contributed by atoms with Crippen molar-refractivity contribution in [2.75, 3.05) is 7.05 Å². The maximum Gasteiger partial charge on any atom is 0.313 e. The number of hydrogen-bond donors (Lipinski definition) is 0. The van der Waals surface area contributed by atoms with Gasteiger partial charge in [-0.25, -0.2) is 8.42 Å². The molecule has 2 aliphatic rings. The molecule has 38 heavy (non-hydrogen) atoms. The van der Waals surface area contributed by atoms with Crippen LogP contribution >= 0.6 is 0 Å². The normalized spacial score (nSPS) is 23.2. The summed E-state index contributed by atoms with van der Waals surface area (Å²) in [4.78, 5) is 17.7. The van der Waals surface area contributed by atoms with Gasteiger partial charge in [-0.3, -0.25) is 9.78 Å². The number of carbonyl (C=O) groups excluding carboxylic acids is 1. The first kappa shape index (κ1) is 26.6. The molecule has 5 rings (SSSR count). The van der Waals surface area contributed by atoms with Gasteiger partial charge in [-0.2, -0.15) is 4.31 Å². The molecule has 0 aliphatic carbocycles. The summed E-state index contributed by atoms with van der Waals surface area (Å²) in [5.41, 5.74) is 2.15. The lowest BCUT2D eigenvalue weighted by Gasteiger charge is -2.34. The summed E-state index contributed by atoms with van der Waals surface area (Å²) in [6.45, 7) is 7.68. The molecule has 8 nitrogen and oxygen atoms in total. The molecule has 4 unspecified atom stereocenters. The molecule has 2 saturated heterocycles. The minimum Gasteiger partial charge on any atom is -0.489 e. The number of pyridine rings is 1. The number of rotatable bonds is 7. The van der Waals surface area contributed by atoms with E-state index in [0.29, 0.717) is 18.8 Å². The Kier molecular flexibility index (Phi) is 6.96. The van der Waals surface area contributed by atoms with Crippen molar-refractivity contribution >= 4 is 26.9 Å². The Labute approximate surface area is 224 Å². The van der Waals surface area contributed by atoms with Gasteiger partial charge >= 0.3 is 5.97 Å². The van der Waals surface area contributed by atoms with Crippen LogP contribution in [0.5, 0.6) is 5.75 Å². The molecule has 0 amide bonds. The van der Waals surface area contributed by atoms with E-state index in [2.05, 4.69) is 4.98 Å². The Morgan fingerprint density at radius 1 is 1.08 bits per heavy atom. The SMILES string of the molecule is Cc1cc(COc2ccc(S(=O)(=O)N(C)C3C4CCC(O4)C3C(=O)OC(C)(C)C)cc2)c2ccccc2n1. The molecule has 0 saturated carbocycles. The van der Waals surface area contributed by atoms with Crippen molar-refractivity contribution in [3.8, 4) is 5.75 Å². The van der Waals surface area contributed by atoms with Gasteiger partial charge in [0.2, 0.25) is 10.0 Å². The Bertz CT molecular complexity index is 1450. The smallest absolute Gasteiger partial charge is 0.313 e. The first-order valence-electron chi connectivity index (χ1n) is 12.9. The maximum atomic E-state index is 13.6. The molecule has 1 aromatic heterocycles. The molecule has 2 aromatic carbocycles. The van der Waals surface area contributed by atoms with Crippen molar-refractivity contribution in [2.24, 2.45) is 5.92 Å². The fourth-order valence-electron chi connectivity index (χ4n) is 5.49. The van der Waals surface area contributed by atoms with Crippen LogP contribution in [0.3, 0.4) is 0 Å². The highest BCUT2D eigenvalue weighted by Crippen LogP contribution is 2.44. The first-order chi connectivity index (χ1) is 17.9. The minimum atomic E-state index is -3.89. The van der Waals surface area contributed by atoms with E-state index in [4.69, 9.17) is 14.2 Å². The minimum absolute atomic E-state index is 0.128. The number of nitrogens with zero attached hydrogens (tertiary/aromatic N) is 2. The number of ether oxygens (including phenoxy) is 3. The van der Waals surface area contributed by atoms with E-state index < -0.39 is 33.6 Å². The summed E-state index contributed by atoms with van der Waals surface area (Å²) >= 11 is 0. The van der Waals surface area contributed by atoms with Crippen LogP contribution < -0.4 is 4.74 Å².